The summed E-state index contributed by atoms with van der Waals surface area (Å²) in [5.41, 5.74) is 0. The van der Waals surface area contributed by atoms with Gasteiger partial charge in [-0.2, -0.15) is 25.7 Å². The van der Waals surface area contributed by atoms with Crippen LogP contribution >= 0.6 is 0 Å². The molecule has 0 fully saturated rings. The molecule has 0 aromatic heterocycles. The average Bonchev–Trinajstić information content (AvgIpc) is 2.44. The summed E-state index contributed by atoms with van der Waals surface area (Å²) in [5, 5.41) is 0. The van der Waals surface area contributed by atoms with Crippen LogP contribution in [0.15, 0.2) is 0 Å². The predicted octanol–water partition coefficient (Wildman–Crippen LogP) is 3.58. The molecule has 0 spiro atoms. The van der Waals surface area contributed by atoms with E-state index in [-0.39, 0.29) is 38.8 Å². The summed E-state index contributed by atoms with van der Waals surface area (Å²) in [7, 11) is 0. The first-order valence-electron chi connectivity index (χ1n) is 7.06. The molecule has 0 heterocycles. The van der Waals surface area contributed by atoms with Gasteiger partial charge in [-0.05, 0) is 0 Å². The van der Waals surface area contributed by atoms with E-state index in [2.05, 4.69) is 0 Å². The molecule has 0 aliphatic heterocycles. The van der Waals surface area contributed by atoms with E-state index in [1.165, 1.54) is 0 Å². The van der Waals surface area contributed by atoms with Gasteiger partial charge in [-0.25, -0.2) is 0 Å². The van der Waals surface area contributed by atoms with Gasteiger partial charge in [-0.3, -0.25) is 25.1 Å². The van der Waals surface area contributed by atoms with Gasteiger partial charge in [0.05, 0.1) is 0 Å². The fourth-order valence-electron chi connectivity index (χ4n) is 0.408. The molecule has 0 amide bonds. The van der Waals surface area contributed by atoms with Crippen molar-refractivity contribution in [2.75, 3.05) is 0 Å². The van der Waals surface area contributed by atoms with E-state index in [1.807, 2.05) is 27.7 Å². The average molecular weight is 396 g/mol. The van der Waals surface area contributed by atoms with Crippen molar-refractivity contribution in [1.82, 2.24) is 0 Å². The Morgan fingerprint density at radius 2 is 0.636 bits per heavy atom. The predicted molar refractivity (Wildman–Crippen MR) is 82.4 cm³/mol. The van der Waals surface area contributed by atoms with E-state index in [1.54, 1.807) is 25.1 Å². The Kier molecular flexibility index (Phi) is 101. The number of unbranched alkanes of at least 4 members (excludes halogenated alkanes) is 4. The molecule has 135 valence electrons. The van der Waals surface area contributed by atoms with Gasteiger partial charge < -0.3 is 19.2 Å². The summed E-state index contributed by atoms with van der Waals surface area (Å²) in [6, 6.07) is 0. The van der Waals surface area contributed by atoms with Gasteiger partial charge in [0.15, 0.2) is 0 Å². The molecule has 0 bridgehead atoms. The molecule has 0 saturated carbocycles. The molecule has 0 aliphatic rings. The molecule has 1 radical (unpaired) electrons. The molecular formula is C16H28CuO4Ti-4. The molecule has 0 rings (SSSR count). The van der Waals surface area contributed by atoms with Crippen LogP contribution in [0.5, 0.6) is 0 Å². The summed E-state index contributed by atoms with van der Waals surface area (Å²) in [4.78, 5) is 37.1. The molecule has 6 heteroatoms. The van der Waals surface area contributed by atoms with E-state index in [9.17, 15) is 19.2 Å². The first kappa shape index (κ1) is 37.8. The van der Waals surface area contributed by atoms with Gasteiger partial charge in [-0.15, -0.1) is 0 Å². The van der Waals surface area contributed by atoms with E-state index < -0.39 is 0 Å². The van der Waals surface area contributed by atoms with E-state index in [0.717, 1.165) is 25.7 Å². The van der Waals surface area contributed by atoms with E-state index in [0.29, 0.717) is 25.7 Å². The fourth-order valence-corrected chi connectivity index (χ4v) is 0.408. The van der Waals surface area contributed by atoms with Crippen molar-refractivity contribution < 1.29 is 58.0 Å². The molecule has 0 aromatic rings. The zero-order valence-electron chi connectivity index (χ0n) is 14.1. The summed E-state index contributed by atoms with van der Waals surface area (Å²) in [6.45, 7) is 7.80. The quantitative estimate of drug-likeness (QED) is 0.465. The van der Waals surface area contributed by atoms with Gasteiger partial charge >= 0.3 is 0 Å². The van der Waals surface area contributed by atoms with Gasteiger partial charge in [0, 0.05) is 38.8 Å². The van der Waals surface area contributed by atoms with Gasteiger partial charge in [0.2, 0.25) is 0 Å². The topological polar surface area (TPSA) is 68.3 Å². The van der Waals surface area contributed by atoms with Crippen LogP contribution in [-0.4, -0.2) is 25.1 Å². The number of hydrogen-bond donors (Lipinski definition) is 0. The molecule has 0 aliphatic carbocycles. The maximum absolute atomic E-state index is 9.28. The first-order valence-corrected chi connectivity index (χ1v) is 7.06. The largest absolute Gasteiger partial charge is 0.542 e. The Bertz CT molecular complexity index is 151. The molecule has 0 N–H and O–H groups in total. The van der Waals surface area contributed by atoms with E-state index in [4.69, 9.17) is 0 Å². The number of carbonyl (C=O) groups excluding carboxylic acids is 4. The van der Waals surface area contributed by atoms with Crippen LogP contribution in [0.3, 0.4) is 0 Å². The minimum atomic E-state index is 0. The second-order valence-electron chi connectivity index (χ2n) is 3.58. The van der Waals surface area contributed by atoms with Crippen molar-refractivity contribution in [3.8, 4) is 0 Å². The number of hydrogen-bond acceptors (Lipinski definition) is 4. The van der Waals surface area contributed by atoms with Crippen molar-refractivity contribution in [3.63, 3.8) is 0 Å². The monoisotopic (exact) mass is 395 g/mol. The molecule has 4 nitrogen and oxygen atoms in total. The van der Waals surface area contributed by atoms with Crippen LogP contribution < -0.4 is 0 Å². The van der Waals surface area contributed by atoms with Gasteiger partial charge in [0.1, 0.15) is 0 Å². The summed E-state index contributed by atoms with van der Waals surface area (Å²) < 4.78 is 0. The Morgan fingerprint density at radius 3 is 0.636 bits per heavy atom. The Labute approximate surface area is 161 Å². The molecule has 0 unspecified atom stereocenters. The van der Waals surface area contributed by atoms with Crippen molar-refractivity contribution >= 4 is 25.1 Å². The summed E-state index contributed by atoms with van der Waals surface area (Å²) >= 11 is 0. The van der Waals surface area contributed by atoms with Crippen LogP contribution in [-0.2, 0) is 58.0 Å². The maximum Gasteiger partial charge on any atom is 0 e. The van der Waals surface area contributed by atoms with E-state index >= 15 is 0 Å². The summed E-state index contributed by atoms with van der Waals surface area (Å²) in [5.74, 6) is 0. The molecule has 0 atom stereocenters. The Hall–Kier alpha value is -0.0862. The minimum Gasteiger partial charge on any atom is -0.542 e. The van der Waals surface area contributed by atoms with Crippen molar-refractivity contribution in [2.45, 2.75) is 79.1 Å². The maximum atomic E-state index is 9.28. The van der Waals surface area contributed by atoms with Crippen molar-refractivity contribution in [1.29, 1.82) is 0 Å². The van der Waals surface area contributed by atoms with Crippen LogP contribution in [0, 0.1) is 0 Å². The summed E-state index contributed by atoms with van der Waals surface area (Å²) in [6.07, 6.45) is 13.1. The zero-order valence-corrected chi connectivity index (χ0v) is 16.6. The van der Waals surface area contributed by atoms with Crippen LogP contribution in [0.2, 0.25) is 0 Å². The Balaban J connectivity index is -0.0000000376. The molecular weight excluding hydrogens is 368 g/mol. The van der Waals surface area contributed by atoms with Crippen molar-refractivity contribution in [2.24, 2.45) is 0 Å². The van der Waals surface area contributed by atoms with Gasteiger partial charge in [-0.1, -0.05) is 53.4 Å². The third-order valence-electron chi connectivity index (χ3n) is 1.41. The normalized spacial score (nSPS) is 6.73. The second kappa shape index (κ2) is 58.4. The zero-order chi connectivity index (χ0) is 16.5. The second-order valence-corrected chi connectivity index (χ2v) is 3.58. The van der Waals surface area contributed by atoms with Crippen LogP contribution in [0.1, 0.15) is 79.1 Å². The van der Waals surface area contributed by atoms with Gasteiger partial charge in [0.25, 0.3) is 0 Å². The fraction of sp³-hybridized carbons (Fsp3) is 0.750. The van der Waals surface area contributed by atoms with Crippen LogP contribution in [0.25, 0.3) is 0 Å². The van der Waals surface area contributed by atoms with Crippen LogP contribution in [0.4, 0.5) is 0 Å². The molecule has 0 aromatic carbocycles. The number of rotatable bonds is 8. The Morgan fingerprint density at radius 1 is 0.500 bits per heavy atom. The standard InChI is InChI=1S/4C4H7O.Cu.Ti/c4*1-2-3-4-5;;/h4*2-3H2,1H3;;/q4*-1;;. The first-order chi connectivity index (χ1) is 9.66. The SMILES string of the molecule is CCC[C-]=O.CCC[C-]=O.CCC[C-]=O.CCC[C-]=O.[Cu].[Ti]. The third-order valence-corrected chi connectivity index (χ3v) is 1.41. The molecule has 22 heavy (non-hydrogen) atoms. The molecule has 0 saturated heterocycles. The van der Waals surface area contributed by atoms with Crippen molar-refractivity contribution in [3.05, 3.63) is 0 Å². The minimum absolute atomic E-state index is 0. The third kappa shape index (κ3) is 114. The smallest absolute Gasteiger partial charge is 0 e.